The molecule has 0 fully saturated rings. The van der Waals surface area contributed by atoms with Crippen LogP contribution in [0, 0.1) is 13.8 Å². The molecule has 0 aliphatic heterocycles. The molecule has 7 nitrogen and oxygen atoms in total. The largest absolute Gasteiger partial charge is 0.486 e. The summed E-state index contributed by atoms with van der Waals surface area (Å²) in [5, 5.41) is 12.0. The van der Waals surface area contributed by atoms with Gasteiger partial charge in [-0.25, -0.2) is 0 Å². The normalized spacial score (nSPS) is 10.8. The highest BCUT2D eigenvalue weighted by Crippen LogP contribution is 2.20. The Morgan fingerprint density at radius 3 is 2.82 bits per heavy atom. The second-order valence-corrected chi connectivity index (χ2v) is 7.27. The molecule has 0 bridgehead atoms. The topological polar surface area (TPSA) is 82.2 Å². The molecule has 2 heterocycles. The molecule has 28 heavy (non-hydrogen) atoms. The van der Waals surface area contributed by atoms with E-state index in [0.29, 0.717) is 24.9 Å². The van der Waals surface area contributed by atoms with Crippen molar-refractivity contribution in [1.29, 1.82) is 0 Å². The second-order valence-electron chi connectivity index (χ2n) is 6.32. The smallest absolute Gasteiger partial charge is 0.230 e. The van der Waals surface area contributed by atoms with E-state index < -0.39 is 0 Å². The minimum absolute atomic E-state index is 0.0833. The summed E-state index contributed by atoms with van der Waals surface area (Å²) in [6.45, 7) is 7.55. The first-order valence-electron chi connectivity index (χ1n) is 9.10. The van der Waals surface area contributed by atoms with Crippen LogP contribution >= 0.6 is 11.8 Å². The standard InChI is InChI=1S/C20H24N4O3S/c1-4-24-18(12-27-16-8-7-14(2)15(3)10-16)22-23-20(24)28-13-19(25)21-11-17-6-5-9-26-17/h5-10H,4,11-13H2,1-3H3,(H,21,25). The molecular formula is C20H24N4O3S. The van der Waals surface area contributed by atoms with Crippen molar-refractivity contribution < 1.29 is 13.9 Å². The van der Waals surface area contributed by atoms with E-state index in [1.165, 1.54) is 22.9 Å². The highest BCUT2D eigenvalue weighted by atomic mass is 32.2. The van der Waals surface area contributed by atoms with Crippen molar-refractivity contribution in [3.05, 3.63) is 59.3 Å². The van der Waals surface area contributed by atoms with Crippen molar-refractivity contribution in [2.45, 2.75) is 45.6 Å². The number of hydrogen-bond donors (Lipinski definition) is 1. The van der Waals surface area contributed by atoms with Gasteiger partial charge in [-0.3, -0.25) is 4.79 Å². The van der Waals surface area contributed by atoms with E-state index in [1.54, 1.807) is 12.3 Å². The molecule has 1 aromatic carbocycles. The lowest BCUT2D eigenvalue weighted by Gasteiger charge is -2.10. The summed E-state index contributed by atoms with van der Waals surface area (Å²) in [6, 6.07) is 9.62. The summed E-state index contributed by atoms with van der Waals surface area (Å²) in [4.78, 5) is 12.0. The first-order valence-corrected chi connectivity index (χ1v) is 10.1. The minimum atomic E-state index is -0.0833. The molecule has 1 N–H and O–H groups in total. The van der Waals surface area contributed by atoms with E-state index in [4.69, 9.17) is 9.15 Å². The number of rotatable bonds is 9. The molecule has 3 rings (SSSR count). The van der Waals surface area contributed by atoms with Gasteiger partial charge in [0.1, 0.15) is 18.1 Å². The molecule has 0 aliphatic rings. The van der Waals surface area contributed by atoms with Gasteiger partial charge in [0.15, 0.2) is 11.0 Å². The van der Waals surface area contributed by atoms with E-state index in [0.717, 1.165) is 17.3 Å². The number of nitrogens with one attached hydrogen (secondary N) is 1. The zero-order valence-electron chi connectivity index (χ0n) is 16.3. The Kier molecular flexibility index (Phi) is 6.76. The van der Waals surface area contributed by atoms with E-state index in [2.05, 4.69) is 29.4 Å². The molecule has 0 aliphatic carbocycles. The molecule has 148 valence electrons. The number of furan rings is 1. The average molecular weight is 401 g/mol. The highest BCUT2D eigenvalue weighted by Gasteiger charge is 2.14. The van der Waals surface area contributed by atoms with Crippen molar-refractivity contribution in [3.8, 4) is 5.75 Å². The maximum absolute atomic E-state index is 12.0. The van der Waals surface area contributed by atoms with Crippen molar-refractivity contribution in [2.75, 3.05) is 5.75 Å². The Hall–Kier alpha value is -2.74. The van der Waals surface area contributed by atoms with Gasteiger partial charge in [0.05, 0.1) is 18.6 Å². The third-order valence-corrected chi connectivity index (χ3v) is 5.30. The maximum Gasteiger partial charge on any atom is 0.230 e. The van der Waals surface area contributed by atoms with Crippen LogP contribution < -0.4 is 10.1 Å². The van der Waals surface area contributed by atoms with Gasteiger partial charge in [0.2, 0.25) is 5.91 Å². The van der Waals surface area contributed by atoms with Crippen molar-refractivity contribution in [1.82, 2.24) is 20.1 Å². The van der Waals surface area contributed by atoms with Gasteiger partial charge in [-0.05, 0) is 56.2 Å². The molecule has 0 atom stereocenters. The van der Waals surface area contributed by atoms with E-state index >= 15 is 0 Å². The lowest BCUT2D eigenvalue weighted by Crippen LogP contribution is -2.24. The Labute approximate surface area is 168 Å². The lowest BCUT2D eigenvalue weighted by atomic mass is 10.1. The van der Waals surface area contributed by atoms with Crippen LogP contribution in [-0.4, -0.2) is 26.4 Å². The van der Waals surface area contributed by atoms with Crippen LogP contribution in [0.15, 0.2) is 46.2 Å². The summed E-state index contributed by atoms with van der Waals surface area (Å²) in [6.07, 6.45) is 1.58. The zero-order chi connectivity index (χ0) is 19.9. The number of amides is 1. The van der Waals surface area contributed by atoms with Gasteiger partial charge in [-0.2, -0.15) is 0 Å². The van der Waals surface area contributed by atoms with Crippen LogP contribution in [0.1, 0.15) is 29.6 Å². The van der Waals surface area contributed by atoms with E-state index in [-0.39, 0.29) is 11.7 Å². The third kappa shape index (κ3) is 5.16. The number of nitrogens with zero attached hydrogens (tertiary/aromatic N) is 3. The van der Waals surface area contributed by atoms with Gasteiger partial charge >= 0.3 is 0 Å². The Balaban J connectivity index is 1.53. The molecule has 2 aromatic heterocycles. The van der Waals surface area contributed by atoms with Crippen LogP contribution in [0.3, 0.4) is 0 Å². The zero-order valence-corrected chi connectivity index (χ0v) is 17.1. The molecule has 0 radical (unpaired) electrons. The van der Waals surface area contributed by atoms with E-state index in [9.17, 15) is 4.79 Å². The SMILES string of the molecule is CCn1c(COc2ccc(C)c(C)c2)nnc1SCC(=O)NCc1ccco1. The van der Waals surface area contributed by atoms with Gasteiger partial charge in [0, 0.05) is 6.54 Å². The lowest BCUT2D eigenvalue weighted by molar-refractivity contribution is -0.118. The number of carbonyl (C=O) groups is 1. The minimum Gasteiger partial charge on any atom is -0.486 e. The Bertz CT molecular complexity index is 922. The summed E-state index contributed by atoms with van der Waals surface area (Å²) in [5.74, 6) is 2.44. The summed E-state index contributed by atoms with van der Waals surface area (Å²) in [5.41, 5.74) is 2.42. The molecule has 0 unspecified atom stereocenters. The maximum atomic E-state index is 12.0. The number of carbonyl (C=O) groups excluding carboxylic acids is 1. The summed E-state index contributed by atoms with van der Waals surface area (Å²) >= 11 is 1.35. The van der Waals surface area contributed by atoms with Crippen molar-refractivity contribution in [3.63, 3.8) is 0 Å². The first kappa shape index (κ1) is 20.0. The van der Waals surface area contributed by atoms with Crippen LogP contribution in [0.2, 0.25) is 0 Å². The van der Waals surface area contributed by atoms with Gasteiger partial charge in [0.25, 0.3) is 0 Å². The van der Waals surface area contributed by atoms with Gasteiger partial charge < -0.3 is 19.0 Å². The fourth-order valence-corrected chi connectivity index (χ4v) is 3.43. The fraction of sp³-hybridized carbons (Fsp3) is 0.350. The third-order valence-electron chi connectivity index (χ3n) is 4.33. The quantitative estimate of drug-likeness (QED) is 0.554. The highest BCUT2D eigenvalue weighted by molar-refractivity contribution is 7.99. The molecule has 0 saturated heterocycles. The number of ether oxygens (including phenoxy) is 1. The summed E-state index contributed by atoms with van der Waals surface area (Å²) in [7, 11) is 0. The fourth-order valence-electron chi connectivity index (χ4n) is 2.58. The molecule has 3 aromatic rings. The number of aromatic nitrogens is 3. The predicted octanol–water partition coefficient (Wildman–Crippen LogP) is 3.50. The Morgan fingerprint density at radius 1 is 1.25 bits per heavy atom. The van der Waals surface area contributed by atoms with Crippen LogP contribution in [-0.2, 0) is 24.5 Å². The number of hydrogen-bond acceptors (Lipinski definition) is 6. The Morgan fingerprint density at radius 2 is 2.11 bits per heavy atom. The predicted molar refractivity (Wildman–Crippen MR) is 107 cm³/mol. The van der Waals surface area contributed by atoms with Crippen molar-refractivity contribution >= 4 is 17.7 Å². The molecule has 0 spiro atoms. The molecule has 0 saturated carbocycles. The number of aryl methyl sites for hydroxylation is 2. The average Bonchev–Trinajstić information content (AvgIpc) is 3.35. The first-order chi connectivity index (χ1) is 13.6. The second kappa shape index (κ2) is 9.45. The number of benzene rings is 1. The molecule has 1 amide bonds. The van der Waals surface area contributed by atoms with E-state index in [1.807, 2.05) is 35.8 Å². The van der Waals surface area contributed by atoms with Crippen LogP contribution in [0.4, 0.5) is 0 Å². The van der Waals surface area contributed by atoms with Crippen LogP contribution in [0.25, 0.3) is 0 Å². The van der Waals surface area contributed by atoms with Gasteiger partial charge in [-0.15, -0.1) is 10.2 Å². The monoisotopic (exact) mass is 400 g/mol. The molecule has 8 heteroatoms. The molecular weight excluding hydrogens is 376 g/mol. The summed E-state index contributed by atoms with van der Waals surface area (Å²) < 4.78 is 13.0. The van der Waals surface area contributed by atoms with Crippen molar-refractivity contribution in [2.24, 2.45) is 0 Å². The van der Waals surface area contributed by atoms with Crippen LogP contribution in [0.5, 0.6) is 5.75 Å². The number of thioether (sulfide) groups is 1. The van der Waals surface area contributed by atoms with Gasteiger partial charge in [-0.1, -0.05) is 17.8 Å².